The normalized spacial score (nSPS) is 10.9. The molecule has 0 bridgehead atoms. The first-order valence-electron chi connectivity index (χ1n) is 6.13. The van der Waals surface area contributed by atoms with Crippen LogP contribution in [0.4, 0.5) is 0 Å². The van der Waals surface area contributed by atoms with Crippen LogP contribution in [0.15, 0.2) is 46.3 Å². The molecule has 0 atom stereocenters. The third-order valence-electron chi connectivity index (χ3n) is 2.93. The van der Waals surface area contributed by atoms with Crippen LogP contribution in [0.5, 0.6) is 0 Å². The number of carbonyl (C=O) groups excluding carboxylic acids is 1. The van der Waals surface area contributed by atoms with Gasteiger partial charge in [0.2, 0.25) is 0 Å². The fourth-order valence-electron chi connectivity index (χ4n) is 1.99. The lowest BCUT2D eigenvalue weighted by Gasteiger charge is -2.08. The molecule has 0 saturated carbocycles. The number of benzene rings is 1. The summed E-state index contributed by atoms with van der Waals surface area (Å²) in [5.41, 5.74) is 6.78. The number of primary amides is 1. The number of carbonyl (C=O) groups is 1. The van der Waals surface area contributed by atoms with Crippen molar-refractivity contribution in [3.8, 4) is 0 Å². The number of nitrogens with zero attached hydrogens (tertiary/aromatic N) is 2. The minimum absolute atomic E-state index is 0.0270. The van der Waals surface area contributed by atoms with Gasteiger partial charge in [-0.05, 0) is 31.0 Å². The minimum atomic E-state index is -0.740. The van der Waals surface area contributed by atoms with E-state index < -0.39 is 11.5 Å². The Morgan fingerprint density at radius 3 is 2.50 bits per heavy atom. The smallest absolute Gasteiger partial charge is 0.284 e. The third kappa shape index (κ3) is 2.66. The van der Waals surface area contributed by atoms with Gasteiger partial charge >= 0.3 is 0 Å². The van der Waals surface area contributed by atoms with E-state index in [0.29, 0.717) is 11.3 Å². The Morgan fingerprint density at radius 2 is 1.90 bits per heavy atom. The first kappa shape index (κ1) is 13.7. The molecular formula is C15H15N3O2. The summed E-state index contributed by atoms with van der Waals surface area (Å²) in [5.74, 6) is -0.740. The summed E-state index contributed by atoms with van der Waals surface area (Å²) in [7, 11) is 0. The Labute approximate surface area is 116 Å². The van der Waals surface area contributed by atoms with E-state index in [-0.39, 0.29) is 5.56 Å². The van der Waals surface area contributed by atoms with E-state index in [1.165, 1.54) is 4.68 Å². The van der Waals surface area contributed by atoms with Crippen LogP contribution in [0.2, 0.25) is 0 Å². The molecule has 5 nitrogen and oxygen atoms in total. The van der Waals surface area contributed by atoms with Crippen molar-refractivity contribution < 1.29 is 4.79 Å². The highest BCUT2D eigenvalue weighted by atomic mass is 16.2. The van der Waals surface area contributed by atoms with Crippen molar-refractivity contribution in [3.63, 3.8) is 0 Å². The van der Waals surface area contributed by atoms with Crippen LogP contribution in [0.3, 0.4) is 0 Å². The summed E-state index contributed by atoms with van der Waals surface area (Å²) < 4.78 is 1.18. The second-order valence-electron chi connectivity index (χ2n) is 4.48. The summed E-state index contributed by atoms with van der Waals surface area (Å²) in [6.45, 7) is 3.43. The standard InChI is InChI=1S/C15H15N3O2/c1-10-8-11(2)18(15(20)13(10)14(16)19)17-9-12-6-4-3-5-7-12/h3-9H,1-2H3,(H2,16,19)/b17-9-. The lowest BCUT2D eigenvalue weighted by Crippen LogP contribution is -2.30. The first-order chi connectivity index (χ1) is 9.50. The summed E-state index contributed by atoms with van der Waals surface area (Å²) >= 11 is 0. The molecule has 1 amide bonds. The largest absolute Gasteiger partial charge is 0.365 e. The predicted molar refractivity (Wildman–Crippen MR) is 78.1 cm³/mol. The van der Waals surface area contributed by atoms with Gasteiger partial charge in [-0.2, -0.15) is 5.10 Å². The van der Waals surface area contributed by atoms with Gasteiger partial charge in [0.1, 0.15) is 5.56 Å². The lowest BCUT2D eigenvalue weighted by molar-refractivity contribution is 0.0997. The minimum Gasteiger partial charge on any atom is -0.365 e. The SMILES string of the molecule is Cc1cc(C)n(/N=C\c2ccccc2)c(=O)c1C(N)=O. The maximum Gasteiger partial charge on any atom is 0.284 e. The number of amides is 1. The Bertz CT molecular complexity index is 731. The van der Waals surface area contributed by atoms with Gasteiger partial charge < -0.3 is 5.73 Å². The van der Waals surface area contributed by atoms with E-state index in [1.54, 1.807) is 26.1 Å². The van der Waals surface area contributed by atoms with Gasteiger partial charge in [-0.3, -0.25) is 9.59 Å². The number of nitrogens with two attached hydrogens (primary N) is 1. The zero-order chi connectivity index (χ0) is 14.7. The Hall–Kier alpha value is -2.69. The Balaban J connectivity index is 2.53. The van der Waals surface area contributed by atoms with Gasteiger partial charge in [-0.15, -0.1) is 0 Å². The number of hydrogen-bond donors (Lipinski definition) is 1. The second-order valence-corrected chi connectivity index (χ2v) is 4.48. The van der Waals surface area contributed by atoms with Crippen LogP contribution in [0.25, 0.3) is 0 Å². The number of aryl methyl sites for hydroxylation is 2. The number of pyridine rings is 1. The third-order valence-corrected chi connectivity index (χ3v) is 2.93. The van der Waals surface area contributed by atoms with E-state index in [9.17, 15) is 9.59 Å². The van der Waals surface area contributed by atoms with Gasteiger partial charge in [0.25, 0.3) is 11.5 Å². The van der Waals surface area contributed by atoms with Crippen molar-refractivity contribution in [2.75, 3.05) is 0 Å². The van der Waals surface area contributed by atoms with Crippen LogP contribution < -0.4 is 11.3 Å². The van der Waals surface area contributed by atoms with Crippen molar-refractivity contribution in [2.24, 2.45) is 10.8 Å². The molecule has 2 aromatic rings. The maximum atomic E-state index is 12.2. The summed E-state index contributed by atoms with van der Waals surface area (Å²) in [4.78, 5) is 23.6. The summed E-state index contributed by atoms with van der Waals surface area (Å²) in [5, 5.41) is 4.13. The first-order valence-corrected chi connectivity index (χ1v) is 6.13. The van der Waals surface area contributed by atoms with Crippen molar-refractivity contribution in [1.82, 2.24) is 4.68 Å². The molecule has 0 aliphatic rings. The number of hydrogen-bond acceptors (Lipinski definition) is 3. The summed E-state index contributed by atoms with van der Waals surface area (Å²) in [6.07, 6.45) is 1.56. The molecule has 1 heterocycles. The molecule has 2 rings (SSSR count). The van der Waals surface area contributed by atoms with Crippen LogP contribution in [-0.2, 0) is 0 Å². The van der Waals surface area contributed by atoms with Crippen LogP contribution in [0.1, 0.15) is 27.2 Å². The number of rotatable bonds is 3. The molecule has 5 heteroatoms. The van der Waals surface area contributed by atoms with Crippen molar-refractivity contribution >= 4 is 12.1 Å². The highest BCUT2D eigenvalue weighted by Gasteiger charge is 2.14. The average molecular weight is 269 g/mol. The molecule has 0 saturated heterocycles. The Kier molecular flexibility index (Phi) is 3.79. The van der Waals surface area contributed by atoms with Gasteiger partial charge in [-0.1, -0.05) is 30.3 Å². The van der Waals surface area contributed by atoms with E-state index in [2.05, 4.69) is 5.10 Å². The molecule has 1 aromatic heterocycles. The molecule has 0 spiro atoms. The molecule has 0 unspecified atom stereocenters. The van der Waals surface area contributed by atoms with E-state index in [1.807, 2.05) is 30.3 Å². The zero-order valence-electron chi connectivity index (χ0n) is 11.3. The lowest BCUT2D eigenvalue weighted by atomic mass is 10.1. The van der Waals surface area contributed by atoms with Gasteiger partial charge in [0.05, 0.1) is 6.21 Å². The zero-order valence-corrected chi connectivity index (χ0v) is 11.3. The number of aromatic nitrogens is 1. The molecule has 0 radical (unpaired) electrons. The summed E-state index contributed by atoms with van der Waals surface area (Å²) in [6, 6.07) is 11.1. The topological polar surface area (TPSA) is 77.4 Å². The molecule has 2 N–H and O–H groups in total. The van der Waals surface area contributed by atoms with E-state index >= 15 is 0 Å². The average Bonchev–Trinajstić information content (AvgIpc) is 2.38. The van der Waals surface area contributed by atoms with Crippen LogP contribution in [-0.4, -0.2) is 16.8 Å². The quantitative estimate of drug-likeness (QED) is 0.856. The molecule has 1 aromatic carbocycles. The van der Waals surface area contributed by atoms with E-state index in [4.69, 9.17) is 5.73 Å². The van der Waals surface area contributed by atoms with Crippen LogP contribution >= 0.6 is 0 Å². The monoisotopic (exact) mass is 269 g/mol. The molecule has 20 heavy (non-hydrogen) atoms. The maximum absolute atomic E-state index is 12.2. The predicted octanol–water partition coefficient (Wildman–Crippen LogP) is 1.45. The van der Waals surface area contributed by atoms with Gasteiger partial charge in [0.15, 0.2) is 0 Å². The molecule has 0 aliphatic carbocycles. The van der Waals surface area contributed by atoms with Crippen molar-refractivity contribution in [3.05, 3.63) is 69.1 Å². The van der Waals surface area contributed by atoms with Crippen LogP contribution in [0, 0.1) is 13.8 Å². The second kappa shape index (κ2) is 5.52. The molecule has 0 fully saturated rings. The van der Waals surface area contributed by atoms with Gasteiger partial charge in [-0.25, -0.2) is 4.68 Å². The molecule has 0 aliphatic heterocycles. The van der Waals surface area contributed by atoms with Crippen molar-refractivity contribution in [1.29, 1.82) is 0 Å². The van der Waals surface area contributed by atoms with Gasteiger partial charge in [0, 0.05) is 5.69 Å². The van der Waals surface area contributed by atoms with E-state index in [0.717, 1.165) is 5.56 Å². The fraction of sp³-hybridized carbons (Fsp3) is 0.133. The Morgan fingerprint density at radius 1 is 1.25 bits per heavy atom. The highest BCUT2D eigenvalue weighted by molar-refractivity contribution is 5.93. The van der Waals surface area contributed by atoms with Crippen molar-refractivity contribution in [2.45, 2.75) is 13.8 Å². The molecule has 102 valence electrons. The molecular weight excluding hydrogens is 254 g/mol. The highest BCUT2D eigenvalue weighted by Crippen LogP contribution is 2.06. The fourth-order valence-corrected chi connectivity index (χ4v) is 1.99.